The molecule has 0 spiro atoms. The number of para-hydroxylation sites is 2. The van der Waals surface area contributed by atoms with Crippen LogP contribution in [0.5, 0.6) is 5.75 Å². The number of hydrogen-bond donors (Lipinski definition) is 2. The largest absolute Gasteiger partial charge is 0.496 e. The Bertz CT molecular complexity index is 1010. The number of likely N-dealkylation sites (tertiary alicyclic amines) is 1. The van der Waals surface area contributed by atoms with Crippen LogP contribution in [-0.4, -0.2) is 59.4 Å². The Morgan fingerprint density at radius 3 is 2.56 bits per heavy atom. The molecule has 2 heterocycles. The minimum Gasteiger partial charge on any atom is -0.496 e. The first-order valence-corrected chi connectivity index (χ1v) is 11.1. The molecular weight excluding hydrogens is 402 g/mol. The lowest BCUT2D eigenvalue weighted by Gasteiger charge is -2.30. The van der Waals surface area contributed by atoms with Gasteiger partial charge in [-0.1, -0.05) is 36.4 Å². The number of guanidine groups is 1. The third-order valence-electron chi connectivity index (χ3n) is 5.83. The number of aromatic nitrogens is 3. The molecule has 32 heavy (non-hydrogen) atoms. The number of hydrogen-bond acceptors (Lipinski definition) is 5. The smallest absolute Gasteiger partial charge is 0.191 e. The average molecular weight is 434 g/mol. The van der Waals surface area contributed by atoms with Gasteiger partial charge in [0.05, 0.1) is 19.7 Å². The summed E-state index contributed by atoms with van der Waals surface area (Å²) in [5, 5.41) is 15.2. The highest BCUT2D eigenvalue weighted by atomic mass is 16.5. The lowest BCUT2D eigenvalue weighted by Crippen LogP contribution is -2.42. The van der Waals surface area contributed by atoms with Crippen molar-refractivity contribution in [1.82, 2.24) is 30.3 Å². The summed E-state index contributed by atoms with van der Waals surface area (Å²) in [6, 6.07) is 18.6. The quantitative estimate of drug-likeness (QED) is 0.420. The van der Waals surface area contributed by atoms with E-state index in [2.05, 4.69) is 42.9 Å². The molecule has 1 aliphatic rings. The van der Waals surface area contributed by atoms with Gasteiger partial charge in [0.2, 0.25) is 0 Å². The normalized spacial score (nSPS) is 15.5. The van der Waals surface area contributed by atoms with Crippen molar-refractivity contribution in [3.63, 3.8) is 0 Å². The molecule has 1 fully saturated rings. The Morgan fingerprint density at radius 1 is 1.06 bits per heavy atom. The van der Waals surface area contributed by atoms with Crippen molar-refractivity contribution in [3.05, 3.63) is 72.3 Å². The highest BCUT2D eigenvalue weighted by Crippen LogP contribution is 2.31. The van der Waals surface area contributed by atoms with Gasteiger partial charge in [0.1, 0.15) is 12.1 Å². The van der Waals surface area contributed by atoms with E-state index in [0.717, 1.165) is 42.9 Å². The van der Waals surface area contributed by atoms with Crippen molar-refractivity contribution in [3.8, 4) is 11.4 Å². The fraction of sp³-hybridized carbons (Fsp3) is 0.375. The van der Waals surface area contributed by atoms with Gasteiger partial charge >= 0.3 is 0 Å². The fourth-order valence-electron chi connectivity index (χ4n) is 4.19. The maximum absolute atomic E-state index is 5.65. The summed E-state index contributed by atoms with van der Waals surface area (Å²) in [5.74, 6) is 2.47. The molecule has 1 aliphatic heterocycles. The Balaban J connectivity index is 1.42. The van der Waals surface area contributed by atoms with E-state index in [0.29, 0.717) is 6.54 Å². The Hall–Kier alpha value is -3.39. The van der Waals surface area contributed by atoms with Crippen molar-refractivity contribution < 1.29 is 4.74 Å². The molecule has 1 atom stereocenters. The molecule has 168 valence electrons. The molecular formula is C24H31N7O. The summed E-state index contributed by atoms with van der Waals surface area (Å²) in [4.78, 5) is 6.93. The summed E-state index contributed by atoms with van der Waals surface area (Å²) in [6.45, 7) is 3.43. The summed E-state index contributed by atoms with van der Waals surface area (Å²) in [6.07, 6.45) is 4.19. The first-order valence-electron chi connectivity index (χ1n) is 11.1. The first kappa shape index (κ1) is 21.8. The van der Waals surface area contributed by atoms with E-state index < -0.39 is 0 Å². The van der Waals surface area contributed by atoms with Crippen LogP contribution in [-0.2, 0) is 6.54 Å². The topological polar surface area (TPSA) is 79.6 Å². The zero-order chi connectivity index (χ0) is 22.2. The summed E-state index contributed by atoms with van der Waals surface area (Å²) >= 11 is 0. The number of ether oxygens (including phenoxy) is 1. The lowest BCUT2D eigenvalue weighted by atomic mass is 10.0. The van der Waals surface area contributed by atoms with Gasteiger partial charge in [0, 0.05) is 24.8 Å². The van der Waals surface area contributed by atoms with Gasteiger partial charge in [0.25, 0.3) is 0 Å². The van der Waals surface area contributed by atoms with E-state index in [-0.39, 0.29) is 6.04 Å². The molecule has 2 aromatic carbocycles. The standard InChI is InChI=1S/C24H31N7O/c1-25-24(27-17-23-29-28-18-31(23)19-10-4-3-5-11-19)26-16-21(30-14-8-9-15-30)20-12-6-7-13-22(20)32-2/h3-7,10-13,18,21H,8-9,14-17H2,1-2H3,(H2,25,26,27). The zero-order valence-electron chi connectivity index (χ0n) is 18.7. The molecule has 8 nitrogen and oxygen atoms in total. The van der Waals surface area contributed by atoms with Gasteiger partial charge in [-0.05, 0) is 44.1 Å². The minimum atomic E-state index is 0.208. The zero-order valence-corrected chi connectivity index (χ0v) is 18.7. The third-order valence-corrected chi connectivity index (χ3v) is 5.83. The number of rotatable bonds is 8. The number of benzene rings is 2. The molecule has 1 aromatic heterocycles. The van der Waals surface area contributed by atoms with Crippen LogP contribution < -0.4 is 15.4 Å². The van der Waals surface area contributed by atoms with Crippen LogP contribution in [0.1, 0.15) is 30.3 Å². The molecule has 0 aliphatic carbocycles. The fourth-order valence-corrected chi connectivity index (χ4v) is 4.19. The van der Waals surface area contributed by atoms with Gasteiger partial charge in [0.15, 0.2) is 11.8 Å². The van der Waals surface area contributed by atoms with Crippen LogP contribution in [0.25, 0.3) is 5.69 Å². The third kappa shape index (κ3) is 5.08. The van der Waals surface area contributed by atoms with E-state index in [9.17, 15) is 0 Å². The minimum absolute atomic E-state index is 0.208. The Labute approximate surface area is 189 Å². The van der Waals surface area contributed by atoms with Crippen LogP contribution in [0.3, 0.4) is 0 Å². The van der Waals surface area contributed by atoms with Gasteiger partial charge in [-0.25, -0.2) is 0 Å². The molecule has 4 rings (SSSR count). The van der Waals surface area contributed by atoms with Gasteiger partial charge < -0.3 is 15.4 Å². The van der Waals surface area contributed by atoms with Gasteiger partial charge in [-0.2, -0.15) is 0 Å². The van der Waals surface area contributed by atoms with E-state index in [1.807, 2.05) is 47.0 Å². The second-order valence-corrected chi connectivity index (χ2v) is 7.76. The van der Waals surface area contributed by atoms with Crippen molar-refractivity contribution >= 4 is 5.96 Å². The maximum atomic E-state index is 5.65. The summed E-state index contributed by atoms with van der Waals surface area (Å²) < 4.78 is 7.63. The molecule has 0 bridgehead atoms. The number of aliphatic imine (C=N–C) groups is 1. The molecule has 0 radical (unpaired) electrons. The molecule has 1 saturated heterocycles. The van der Waals surface area contributed by atoms with Gasteiger partial charge in [-0.15, -0.1) is 10.2 Å². The number of methoxy groups -OCH3 is 1. The molecule has 1 unspecified atom stereocenters. The summed E-state index contributed by atoms with van der Waals surface area (Å²) in [5.41, 5.74) is 2.23. The van der Waals surface area contributed by atoms with Crippen LogP contribution in [0, 0.1) is 0 Å². The first-order chi connectivity index (χ1) is 15.8. The monoisotopic (exact) mass is 433 g/mol. The van der Waals surface area contributed by atoms with E-state index in [4.69, 9.17) is 4.74 Å². The highest BCUT2D eigenvalue weighted by molar-refractivity contribution is 5.79. The molecule has 0 saturated carbocycles. The second kappa shape index (κ2) is 10.8. The molecule has 2 N–H and O–H groups in total. The Morgan fingerprint density at radius 2 is 1.81 bits per heavy atom. The van der Waals surface area contributed by atoms with Crippen LogP contribution in [0.2, 0.25) is 0 Å². The van der Waals surface area contributed by atoms with Crippen LogP contribution in [0.4, 0.5) is 0 Å². The van der Waals surface area contributed by atoms with Crippen molar-refractivity contribution in [2.24, 2.45) is 4.99 Å². The highest BCUT2D eigenvalue weighted by Gasteiger charge is 2.26. The van der Waals surface area contributed by atoms with Crippen molar-refractivity contribution in [2.45, 2.75) is 25.4 Å². The van der Waals surface area contributed by atoms with Crippen LogP contribution >= 0.6 is 0 Å². The SMILES string of the molecule is CN=C(NCc1nncn1-c1ccccc1)NCC(c1ccccc1OC)N1CCCC1. The van der Waals surface area contributed by atoms with Crippen LogP contribution in [0.15, 0.2) is 65.9 Å². The Kier molecular flexibility index (Phi) is 7.34. The number of nitrogens with one attached hydrogen (secondary N) is 2. The maximum Gasteiger partial charge on any atom is 0.191 e. The lowest BCUT2D eigenvalue weighted by molar-refractivity contribution is 0.239. The van der Waals surface area contributed by atoms with E-state index in [1.165, 1.54) is 18.4 Å². The predicted molar refractivity (Wildman–Crippen MR) is 126 cm³/mol. The molecule has 3 aromatic rings. The average Bonchev–Trinajstić information content (AvgIpc) is 3.54. The summed E-state index contributed by atoms with van der Waals surface area (Å²) in [7, 11) is 3.52. The molecule has 0 amide bonds. The van der Waals surface area contributed by atoms with Crippen molar-refractivity contribution in [2.75, 3.05) is 33.8 Å². The van der Waals surface area contributed by atoms with Gasteiger partial charge in [-0.3, -0.25) is 14.5 Å². The van der Waals surface area contributed by atoms with E-state index >= 15 is 0 Å². The van der Waals surface area contributed by atoms with E-state index in [1.54, 1.807) is 20.5 Å². The second-order valence-electron chi connectivity index (χ2n) is 7.76. The number of nitrogens with zero attached hydrogens (tertiary/aromatic N) is 5. The molecule has 8 heteroatoms. The van der Waals surface area contributed by atoms with Crippen molar-refractivity contribution in [1.29, 1.82) is 0 Å². The predicted octanol–water partition coefficient (Wildman–Crippen LogP) is 2.78.